The van der Waals surface area contributed by atoms with Gasteiger partial charge >= 0.3 is 0 Å². The van der Waals surface area contributed by atoms with E-state index in [1.54, 1.807) is 7.11 Å². The summed E-state index contributed by atoms with van der Waals surface area (Å²) in [6, 6.07) is 0.0719. The summed E-state index contributed by atoms with van der Waals surface area (Å²) in [5, 5.41) is 7.22. The van der Waals surface area contributed by atoms with E-state index in [1.807, 2.05) is 14.0 Å². The molecule has 5 nitrogen and oxygen atoms in total. The fourth-order valence-electron chi connectivity index (χ4n) is 2.47. The number of methoxy groups -OCH3 is 1. The average Bonchev–Trinajstić information content (AvgIpc) is 2.89. The molecule has 18 heavy (non-hydrogen) atoms. The molecule has 1 heterocycles. The number of aromatic nitrogens is 2. The fourth-order valence-corrected chi connectivity index (χ4v) is 2.47. The van der Waals surface area contributed by atoms with Crippen LogP contribution >= 0.6 is 0 Å². The summed E-state index contributed by atoms with van der Waals surface area (Å²) in [5.74, 6) is 2.09. The highest BCUT2D eigenvalue weighted by Crippen LogP contribution is 2.40. The Bertz CT molecular complexity index is 383. The minimum Gasteiger partial charge on any atom is -0.370 e. The van der Waals surface area contributed by atoms with Gasteiger partial charge in [0, 0.05) is 7.11 Å². The molecule has 102 valence electrons. The van der Waals surface area contributed by atoms with E-state index in [2.05, 4.69) is 22.4 Å². The fraction of sp³-hybridized carbons (Fsp3) is 0.846. The van der Waals surface area contributed by atoms with Crippen LogP contribution in [0.2, 0.25) is 0 Å². The number of hydrogen-bond donors (Lipinski definition) is 1. The number of rotatable bonds is 4. The van der Waals surface area contributed by atoms with E-state index in [4.69, 9.17) is 9.26 Å². The monoisotopic (exact) mass is 253 g/mol. The summed E-state index contributed by atoms with van der Waals surface area (Å²) in [6.07, 6.45) is 4.24. The quantitative estimate of drug-likeness (QED) is 0.892. The second kappa shape index (κ2) is 5.36. The van der Waals surface area contributed by atoms with E-state index >= 15 is 0 Å². The standard InChI is InChI=1S/C13H23N3O2/c1-9-5-7-13(17-4,8-6-9)12-15-11(18-16-12)10(2)14-3/h9-10,14H,5-8H2,1-4H3. The predicted octanol–water partition coefficient (Wildman–Crippen LogP) is 2.40. The summed E-state index contributed by atoms with van der Waals surface area (Å²) in [5.41, 5.74) is -0.346. The normalized spacial score (nSPS) is 30.3. The van der Waals surface area contributed by atoms with Crippen molar-refractivity contribution in [1.29, 1.82) is 0 Å². The third-order valence-corrected chi connectivity index (χ3v) is 4.13. The van der Waals surface area contributed by atoms with Gasteiger partial charge in [0.1, 0.15) is 5.60 Å². The maximum Gasteiger partial charge on any atom is 0.243 e. The van der Waals surface area contributed by atoms with Crippen LogP contribution in [0.15, 0.2) is 4.52 Å². The molecule has 1 fully saturated rings. The Balaban J connectivity index is 2.20. The third kappa shape index (κ3) is 2.42. The van der Waals surface area contributed by atoms with Gasteiger partial charge in [0.15, 0.2) is 0 Å². The molecule has 2 rings (SSSR count). The Hall–Kier alpha value is -0.940. The zero-order chi connectivity index (χ0) is 13.2. The second-order valence-electron chi connectivity index (χ2n) is 5.35. The molecule has 1 aromatic rings. The molecule has 0 aliphatic heterocycles. The average molecular weight is 253 g/mol. The predicted molar refractivity (Wildman–Crippen MR) is 68.1 cm³/mol. The summed E-state index contributed by atoms with van der Waals surface area (Å²) in [7, 11) is 3.62. The van der Waals surface area contributed by atoms with E-state index in [-0.39, 0.29) is 11.6 Å². The SMILES string of the molecule is CNC(C)c1nc(C2(OC)CCC(C)CC2)no1. The van der Waals surface area contributed by atoms with Crippen LogP contribution in [0, 0.1) is 5.92 Å². The molecule has 5 heteroatoms. The molecule has 1 N–H and O–H groups in total. The first-order valence-electron chi connectivity index (χ1n) is 6.68. The first-order valence-corrected chi connectivity index (χ1v) is 6.68. The molecule has 0 radical (unpaired) electrons. The van der Waals surface area contributed by atoms with E-state index in [9.17, 15) is 0 Å². The van der Waals surface area contributed by atoms with Crippen molar-refractivity contribution in [1.82, 2.24) is 15.5 Å². The lowest BCUT2D eigenvalue weighted by molar-refractivity contribution is -0.0609. The van der Waals surface area contributed by atoms with Gasteiger partial charge in [0.2, 0.25) is 11.7 Å². The van der Waals surface area contributed by atoms with Crippen molar-refractivity contribution in [2.75, 3.05) is 14.2 Å². The summed E-state index contributed by atoms with van der Waals surface area (Å²) in [6.45, 7) is 4.28. The van der Waals surface area contributed by atoms with E-state index in [0.29, 0.717) is 11.7 Å². The van der Waals surface area contributed by atoms with Crippen molar-refractivity contribution < 1.29 is 9.26 Å². The van der Waals surface area contributed by atoms with Crippen molar-refractivity contribution in [3.63, 3.8) is 0 Å². The Morgan fingerprint density at radius 2 is 2.11 bits per heavy atom. The van der Waals surface area contributed by atoms with Gasteiger partial charge < -0.3 is 14.6 Å². The molecule has 1 saturated carbocycles. The van der Waals surface area contributed by atoms with E-state index < -0.39 is 0 Å². The molecule has 1 unspecified atom stereocenters. The van der Waals surface area contributed by atoms with Crippen molar-refractivity contribution in [2.24, 2.45) is 5.92 Å². The van der Waals surface area contributed by atoms with E-state index in [1.165, 1.54) is 0 Å². The third-order valence-electron chi connectivity index (χ3n) is 4.13. The number of hydrogen-bond acceptors (Lipinski definition) is 5. The zero-order valence-electron chi connectivity index (χ0n) is 11.7. The smallest absolute Gasteiger partial charge is 0.243 e. The summed E-state index contributed by atoms with van der Waals surface area (Å²) >= 11 is 0. The molecule has 0 bridgehead atoms. The summed E-state index contributed by atoms with van der Waals surface area (Å²) < 4.78 is 11.1. The topological polar surface area (TPSA) is 60.2 Å². The minimum atomic E-state index is -0.346. The molecule has 1 aliphatic rings. The van der Waals surface area contributed by atoms with Gasteiger partial charge in [-0.3, -0.25) is 0 Å². The van der Waals surface area contributed by atoms with Crippen molar-refractivity contribution >= 4 is 0 Å². The highest BCUT2D eigenvalue weighted by molar-refractivity contribution is 5.05. The molecule has 0 saturated heterocycles. The number of nitrogens with zero attached hydrogens (tertiary/aromatic N) is 2. The second-order valence-corrected chi connectivity index (χ2v) is 5.35. The Morgan fingerprint density at radius 3 is 2.67 bits per heavy atom. The minimum absolute atomic E-state index is 0.0719. The van der Waals surface area contributed by atoms with E-state index in [0.717, 1.165) is 31.6 Å². The van der Waals surface area contributed by atoms with Crippen LogP contribution in [0.25, 0.3) is 0 Å². The van der Waals surface area contributed by atoms with Crippen LogP contribution in [0.3, 0.4) is 0 Å². The van der Waals surface area contributed by atoms with Crippen LogP contribution in [-0.4, -0.2) is 24.3 Å². The highest BCUT2D eigenvalue weighted by atomic mass is 16.5. The van der Waals surface area contributed by atoms with Crippen LogP contribution < -0.4 is 5.32 Å². The van der Waals surface area contributed by atoms with Gasteiger partial charge in [-0.2, -0.15) is 4.98 Å². The van der Waals surface area contributed by atoms with Crippen molar-refractivity contribution in [3.8, 4) is 0 Å². The first kappa shape index (κ1) is 13.5. The van der Waals surface area contributed by atoms with Crippen molar-refractivity contribution in [3.05, 3.63) is 11.7 Å². The lowest BCUT2D eigenvalue weighted by Crippen LogP contribution is -2.34. The van der Waals surface area contributed by atoms with Gasteiger partial charge in [0.05, 0.1) is 6.04 Å². The number of nitrogens with one attached hydrogen (secondary N) is 1. The highest BCUT2D eigenvalue weighted by Gasteiger charge is 2.40. The Morgan fingerprint density at radius 1 is 1.44 bits per heavy atom. The molecule has 1 atom stereocenters. The largest absolute Gasteiger partial charge is 0.370 e. The molecule has 0 amide bonds. The van der Waals surface area contributed by atoms with Crippen LogP contribution in [0.1, 0.15) is 57.3 Å². The van der Waals surface area contributed by atoms with Crippen LogP contribution in [-0.2, 0) is 10.3 Å². The molecular weight excluding hydrogens is 230 g/mol. The van der Waals surface area contributed by atoms with Gasteiger partial charge in [-0.05, 0) is 45.6 Å². The molecule has 1 aliphatic carbocycles. The van der Waals surface area contributed by atoms with Gasteiger partial charge in [0.25, 0.3) is 0 Å². The molecular formula is C13H23N3O2. The Kier molecular flexibility index (Phi) is 4.02. The van der Waals surface area contributed by atoms with Gasteiger partial charge in [-0.25, -0.2) is 0 Å². The first-order chi connectivity index (χ1) is 8.61. The molecule has 1 aromatic heterocycles. The van der Waals surface area contributed by atoms with Crippen molar-refractivity contribution in [2.45, 2.75) is 51.2 Å². The Labute approximate surface area is 108 Å². The maximum atomic E-state index is 5.73. The summed E-state index contributed by atoms with van der Waals surface area (Å²) in [4.78, 5) is 4.51. The molecule has 0 aromatic carbocycles. The van der Waals surface area contributed by atoms with Crippen LogP contribution in [0.4, 0.5) is 0 Å². The lowest BCUT2D eigenvalue weighted by atomic mass is 9.79. The zero-order valence-corrected chi connectivity index (χ0v) is 11.7. The van der Waals surface area contributed by atoms with Crippen LogP contribution in [0.5, 0.6) is 0 Å². The molecule has 0 spiro atoms. The lowest BCUT2D eigenvalue weighted by Gasteiger charge is -2.35. The van der Waals surface area contributed by atoms with Gasteiger partial charge in [-0.1, -0.05) is 12.1 Å². The maximum absolute atomic E-state index is 5.73. The van der Waals surface area contributed by atoms with Gasteiger partial charge in [-0.15, -0.1) is 0 Å². The number of ether oxygens (including phenoxy) is 1.